The lowest BCUT2D eigenvalue weighted by molar-refractivity contribution is -0.142. The lowest BCUT2D eigenvalue weighted by Gasteiger charge is -2.33. The summed E-state index contributed by atoms with van der Waals surface area (Å²) in [4.78, 5) is 92.8. The molecule has 0 aromatic carbocycles. The van der Waals surface area contributed by atoms with Gasteiger partial charge in [0.1, 0.15) is 24.2 Å². The standard InChI is InChI=1S/C23H39N9O8S2/c1-11(33)28-14-10-41-42-23(2,3)17(18(24)37)31-19(38)13(8-16(35)36)29-15(34)9-32(4)21(40)12(30-20(14)39)6-5-7-27-22(25)26/h12-14,17H,5-10H2,1-4H3,(H2,24,37)(H,28,33)(H,29,34)(H,30,39)(H,31,38)(H,35,36)(H4,25,26,27)/t12-,13-,14?,17+/m0/s1. The zero-order chi connectivity index (χ0) is 32.2. The van der Waals surface area contributed by atoms with Gasteiger partial charge in [-0.3, -0.25) is 38.6 Å². The van der Waals surface area contributed by atoms with Gasteiger partial charge in [-0.2, -0.15) is 0 Å². The van der Waals surface area contributed by atoms with Crippen molar-refractivity contribution in [3.05, 3.63) is 0 Å². The van der Waals surface area contributed by atoms with E-state index in [-0.39, 0.29) is 31.1 Å². The van der Waals surface area contributed by atoms with Gasteiger partial charge >= 0.3 is 5.97 Å². The lowest BCUT2D eigenvalue weighted by atomic mass is 10.0. The molecule has 236 valence electrons. The van der Waals surface area contributed by atoms with E-state index in [1.807, 2.05) is 0 Å². The molecular weight excluding hydrogens is 594 g/mol. The summed E-state index contributed by atoms with van der Waals surface area (Å²) in [5.74, 6) is -6.22. The molecule has 1 aliphatic rings. The van der Waals surface area contributed by atoms with Crippen LogP contribution in [0.3, 0.4) is 0 Å². The van der Waals surface area contributed by atoms with Crippen LogP contribution >= 0.6 is 21.6 Å². The summed E-state index contributed by atoms with van der Waals surface area (Å²) in [7, 11) is 3.45. The summed E-state index contributed by atoms with van der Waals surface area (Å²) >= 11 is 0. The van der Waals surface area contributed by atoms with Crippen LogP contribution in [0.25, 0.3) is 0 Å². The first kappa shape index (κ1) is 36.3. The van der Waals surface area contributed by atoms with Crippen LogP contribution in [-0.2, 0) is 33.6 Å². The van der Waals surface area contributed by atoms with E-state index in [0.717, 1.165) is 26.5 Å². The Bertz CT molecular complexity index is 1080. The normalized spacial score (nSPS) is 24.3. The first-order valence-corrected chi connectivity index (χ1v) is 15.1. The first-order valence-electron chi connectivity index (χ1n) is 12.7. The van der Waals surface area contributed by atoms with Crippen molar-refractivity contribution in [2.45, 2.75) is 68.9 Å². The van der Waals surface area contributed by atoms with Gasteiger partial charge in [-0.25, -0.2) is 0 Å². The number of aliphatic imine (C=N–C) groups is 1. The van der Waals surface area contributed by atoms with Crippen LogP contribution in [0.1, 0.15) is 40.0 Å². The van der Waals surface area contributed by atoms with Gasteiger partial charge in [0.05, 0.1) is 13.0 Å². The van der Waals surface area contributed by atoms with E-state index in [0.29, 0.717) is 0 Å². The van der Waals surface area contributed by atoms with Crippen LogP contribution in [0.5, 0.6) is 0 Å². The van der Waals surface area contributed by atoms with E-state index in [1.54, 1.807) is 13.8 Å². The SMILES string of the molecule is CC(=O)NC1CSSC(C)(C)[C@@H](C(N)=O)NC(=O)[C@H](CC(=O)O)NC(=O)CN(C)C(=O)[C@H](CCCN=C(N)N)NC1=O. The van der Waals surface area contributed by atoms with Crippen molar-refractivity contribution in [3.63, 3.8) is 0 Å². The number of carbonyl (C=O) groups is 7. The number of hydrogen-bond donors (Lipinski definition) is 8. The van der Waals surface area contributed by atoms with Gasteiger partial charge in [0.2, 0.25) is 35.4 Å². The molecule has 6 amide bonds. The van der Waals surface area contributed by atoms with Gasteiger partial charge in [-0.05, 0) is 26.7 Å². The smallest absolute Gasteiger partial charge is 0.305 e. The molecule has 1 saturated heterocycles. The second-order valence-electron chi connectivity index (χ2n) is 9.99. The number of guanidine groups is 1. The monoisotopic (exact) mass is 633 g/mol. The van der Waals surface area contributed by atoms with Crippen LogP contribution in [0, 0.1) is 0 Å². The highest BCUT2D eigenvalue weighted by molar-refractivity contribution is 8.77. The molecule has 0 aliphatic carbocycles. The summed E-state index contributed by atoms with van der Waals surface area (Å²) in [5.41, 5.74) is 16.2. The Morgan fingerprint density at radius 3 is 2.26 bits per heavy atom. The Morgan fingerprint density at radius 2 is 1.71 bits per heavy atom. The van der Waals surface area contributed by atoms with Crippen molar-refractivity contribution < 1.29 is 38.7 Å². The maximum atomic E-state index is 13.3. The number of amides is 6. The van der Waals surface area contributed by atoms with Gasteiger partial charge in [0, 0.05) is 31.0 Å². The molecular formula is C23H39N9O8S2. The minimum atomic E-state index is -1.59. The number of carboxylic acid groups (broad SMARTS) is 1. The molecule has 1 aliphatic heterocycles. The number of rotatable bonds is 8. The molecule has 19 heteroatoms. The van der Waals surface area contributed by atoms with Crippen molar-refractivity contribution in [1.82, 2.24) is 26.2 Å². The van der Waals surface area contributed by atoms with E-state index < -0.39 is 83.3 Å². The molecule has 11 N–H and O–H groups in total. The van der Waals surface area contributed by atoms with Crippen molar-refractivity contribution in [2.75, 3.05) is 25.9 Å². The van der Waals surface area contributed by atoms with Gasteiger partial charge in [-0.15, -0.1) is 0 Å². The van der Waals surface area contributed by atoms with E-state index in [1.165, 1.54) is 14.0 Å². The van der Waals surface area contributed by atoms with Crippen LogP contribution in [0.15, 0.2) is 4.99 Å². The Morgan fingerprint density at radius 1 is 1.07 bits per heavy atom. The van der Waals surface area contributed by atoms with Crippen LogP contribution in [-0.4, -0.2) is 112 Å². The highest BCUT2D eigenvalue weighted by Crippen LogP contribution is 2.38. The van der Waals surface area contributed by atoms with Crippen LogP contribution in [0.2, 0.25) is 0 Å². The third-order valence-corrected chi connectivity index (χ3v) is 9.12. The third kappa shape index (κ3) is 12.4. The zero-order valence-electron chi connectivity index (χ0n) is 23.8. The quantitative estimate of drug-likeness (QED) is 0.0562. The van der Waals surface area contributed by atoms with Crippen molar-refractivity contribution in [3.8, 4) is 0 Å². The number of nitrogens with two attached hydrogens (primary N) is 3. The number of likely N-dealkylation sites (N-methyl/N-ethyl adjacent to an activating group) is 1. The van der Waals surface area contributed by atoms with E-state index >= 15 is 0 Å². The highest BCUT2D eigenvalue weighted by atomic mass is 33.1. The number of carbonyl (C=O) groups excluding carboxylic acids is 6. The molecule has 17 nitrogen and oxygen atoms in total. The second kappa shape index (κ2) is 16.6. The van der Waals surface area contributed by atoms with E-state index in [9.17, 15) is 38.7 Å². The predicted molar refractivity (Wildman–Crippen MR) is 157 cm³/mol. The number of nitrogens with zero attached hydrogens (tertiary/aromatic N) is 2. The maximum absolute atomic E-state index is 13.3. The molecule has 0 aromatic heterocycles. The zero-order valence-corrected chi connectivity index (χ0v) is 25.4. The van der Waals surface area contributed by atoms with Gasteiger partial charge in [-0.1, -0.05) is 21.6 Å². The fourth-order valence-corrected chi connectivity index (χ4v) is 6.60. The number of aliphatic carboxylic acids is 1. The summed E-state index contributed by atoms with van der Waals surface area (Å²) in [5, 5.41) is 19.1. The molecule has 42 heavy (non-hydrogen) atoms. The Hall–Kier alpha value is -3.74. The topological polar surface area (TPSA) is 281 Å². The fourth-order valence-electron chi connectivity index (χ4n) is 3.78. The lowest BCUT2D eigenvalue weighted by Crippen LogP contribution is -2.59. The molecule has 1 fully saturated rings. The van der Waals surface area contributed by atoms with Crippen molar-refractivity contribution >= 4 is 69.0 Å². The molecule has 1 heterocycles. The van der Waals surface area contributed by atoms with E-state index in [4.69, 9.17) is 17.2 Å². The molecule has 0 aromatic rings. The summed E-state index contributed by atoms with van der Waals surface area (Å²) in [6.07, 6.45) is -0.474. The largest absolute Gasteiger partial charge is 0.481 e. The van der Waals surface area contributed by atoms with Crippen molar-refractivity contribution in [2.24, 2.45) is 22.2 Å². The number of nitrogens with one attached hydrogen (secondary N) is 4. The number of primary amides is 1. The Kier molecular flexibility index (Phi) is 14.4. The minimum Gasteiger partial charge on any atom is -0.481 e. The fraction of sp³-hybridized carbons (Fsp3) is 0.652. The molecule has 1 unspecified atom stereocenters. The minimum absolute atomic E-state index is 0.00856. The summed E-state index contributed by atoms with van der Waals surface area (Å²) < 4.78 is -1.10. The Labute approximate surface area is 250 Å². The summed E-state index contributed by atoms with van der Waals surface area (Å²) in [6, 6.07) is -5.17. The average molecular weight is 634 g/mol. The molecule has 0 saturated carbocycles. The Balaban J connectivity index is 3.46. The van der Waals surface area contributed by atoms with Crippen molar-refractivity contribution in [1.29, 1.82) is 0 Å². The highest BCUT2D eigenvalue weighted by Gasteiger charge is 2.39. The van der Waals surface area contributed by atoms with Crippen LogP contribution in [0.4, 0.5) is 0 Å². The maximum Gasteiger partial charge on any atom is 0.305 e. The van der Waals surface area contributed by atoms with Gasteiger partial charge in [0.25, 0.3) is 0 Å². The second-order valence-corrected chi connectivity index (χ2v) is 13.0. The molecule has 1 rings (SSSR count). The van der Waals surface area contributed by atoms with Crippen LogP contribution < -0.4 is 38.5 Å². The van der Waals surface area contributed by atoms with Gasteiger partial charge in [0.15, 0.2) is 5.96 Å². The van der Waals surface area contributed by atoms with E-state index in [2.05, 4.69) is 26.3 Å². The first-order chi connectivity index (χ1) is 19.4. The predicted octanol–water partition coefficient (Wildman–Crippen LogP) is -3.41. The molecule has 0 spiro atoms. The number of carboxylic acids is 1. The van der Waals surface area contributed by atoms with Gasteiger partial charge < -0.3 is 48.5 Å². The third-order valence-electron chi connectivity index (χ3n) is 5.82. The molecule has 4 atom stereocenters. The average Bonchev–Trinajstić information content (AvgIpc) is 2.85. The number of hydrogen-bond acceptors (Lipinski definition) is 10. The summed E-state index contributed by atoms with van der Waals surface area (Å²) in [6.45, 7) is 3.94. The molecule has 0 bridgehead atoms. The molecule has 0 radical (unpaired) electrons.